The van der Waals surface area contributed by atoms with Crippen LogP contribution in [0.2, 0.25) is 0 Å². The van der Waals surface area contributed by atoms with Gasteiger partial charge in [-0.2, -0.15) is 0 Å². The summed E-state index contributed by atoms with van der Waals surface area (Å²) in [5.41, 5.74) is 1.41. The van der Waals surface area contributed by atoms with E-state index in [0.717, 1.165) is 4.88 Å². The Kier molecular flexibility index (Phi) is 6.02. The fourth-order valence-corrected chi connectivity index (χ4v) is 2.54. The quantitative estimate of drug-likeness (QED) is 0.588. The molecule has 0 spiro atoms. The molecule has 0 saturated heterocycles. The third-order valence-electron chi connectivity index (χ3n) is 2.64. The molecule has 7 heteroatoms. The van der Waals surface area contributed by atoms with Crippen LogP contribution < -0.4 is 16.0 Å². The van der Waals surface area contributed by atoms with Gasteiger partial charge in [-0.15, -0.1) is 11.3 Å². The predicted molar refractivity (Wildman–Crippen MR) is 98.5 cm³/mol. The molecule has 0 bridgehead atoms. The number of nitrogens with one attached hydrogen (secondary N) is 3. The fraction of sp³-hybridized carbons (Fsp3) is 0.0625. The summed E-state index contributed by atoms with van der Waals surface area (Å²) in [6.45, 7) is 1.44. The van der Waals surface area contributed by atoms with E-state index in [1.54, 1.807) is 41.7 Å². The van der Waals surface area contributed by atoms with E-state index in [0.29, 0.717) is 11.4 Å². The molecule has 0 aliphatic heterocycles. The van der Waals surface area contributed by atoms with Crippen molar-refractivity contribution in [3.63, 3.8) is 0 Å². The minimum absolute atomic E-state index is 0.133. The molecule has 0 fully saturated rings. The van der Waals surface area contributed by atoms with Crippen molar-refractivity contribution in [1.82, 2.24) is 5.32 Å². The van der Waals surface area contributed by atoms with Crippen LogP contribution >= 0.6 is 23.6 Å². The van der Waals surface area contributed by atoms with E-state index in [1.165, 1.54) is 13.0 Å². The van der Waals surface area contributed by atoms with Crippen molar-refractivity contribution in [1.29, 1.82) is 0 Å². The first kappa shape index (κ1) is 16.9. The summed E-state index contributed by atoms with van der Waals surface area (Å²) in [4.78, 5) is 23.7. The highest BCUT2D eigenvalue weighted by Crippen LogP contribution is 2.13. The number of rotatable bonds is 4. The SMILES string of the molecule is CC(=O)Nc1ccc(NC(=S)NC(=O)C=Cc2cccs2)cc1. The molecule has 0 unspecified atom stereocenters. The van der Waals surface area contributed by atoms with Crippen LogP contribution in [0.1, 0.15) is 11.8 Å². The van der Waals surface area contributed by atoms with E-state index in [-0.39, 0.29) is 16.9 Å². The third kappa shape index (κ3) is 6.01. The highest BCUT2D eigenvalue weighted by Gasteiger charge is 2.02. The summed E-state index contributed by atoms with van der Waals surface area (Å²) < 4.78 is 0. The fourth-order valence-electron chi connectivity index (χ4n) is 1.70. The number of hydrogen-bond donors (Lipinski definition) is 3. The van der Waals surface area contributed by atoms with Gasteiger partial charge in [0.1, 0.15) is 0 Å². The summed E-state index contributed by atoms with van der Waals surface area (Å²) >= 11 is 6.63. The minimum atomic E-state index is -0.300. The molecule has 3 N–H and O–H groups in total. The minimum Gasteiger partial charge on any atom is -0.332 e. The van der Waals surface area contributed by atoms with Crippen molar-refractivity contribution >= 4 is 57.9 Å². The Morgan fingerprint density at radius 2 is 1.74 bits per heavy atom. The number of carbonyl (C=O) groups excluding carboxylic acids is 2. The molecule has 118 valence electrons. The van der Waals surface area contributed by atoms with E-state index in [2.05, 4.69) is 16.0 Å². The largest absolute Gasteiger partial charge is 0.332 e. The molecule has 0 aliphatic carbocycles. The number of thiophene rings is 1. The van der Waals surface area contributed by atoms with Gasteiger partial charge in [-0.25, -0.2) is 0 Å². The normalized spacial score (nSPS) is 10.3. The van der Waals surface area contributed by atoms with E-state index < -0.39 is 0 Å². The lowest BCUT2D eigenvalue weighted by Crippen LogP contribution is -2.32. The molecule has 1 aromatic carbocycles. The molecule has 2 rings (SSSR count). The van der Waals surface area contributed by atoms with Crippen molar-refractivity contribution in [2.75, 3.05) is 10.6 Å². The van der Waals surface area contributed by atoms with Crippen LogP contribution in [0.5, 0.6) is 0 Å². The van der Waals surface area contributed by atoms with E-state index >= 15 is 0 Å². The van der Waals surface area contributed by atoms with E-state index in [9.17, 15) is 9.59 Å². The summed E-state index contributed by atoms with van der Waals surface area (Å²) in [7, 11) is 0. The second-order valence-electron chi connectivity index (χ2n) is 4.55. The van der Waals surface area contributed by atoms with Gasteiger partial charge in [-0.05, 0) is 54.0 Å². The molecule has 0 aliphatic rings. The number of benzene rings is 1. The van der Waals surface area contributed by atoms with Gasteiger partial charge in [0.2, 0.25) is 11.8 Å². The van der Waals surface area contributed by atoms with Gasteiger partial charge in [-0.3, -0.25) is 14.9 Å². The van der Waals surface area contributed by atoms with Gasteiger partial charge in [0, 0.05) is 29.3 Å². The molecule has 1 heterocycles. The van der Waals surface area contributed by atoms with Gasteiger partial charge in [0.05, 0.1) is 0 Å². The van der Waals surface area contributed by atoms with Crippen LogP contribution in [0.15, 0.2) is 47.9 Å². The zero-order chi connectivity index (χ0) is 16.7. The van der Waals surface area contributed by atoms with Gasteiger partial charge >= 0.3 is 0 Å². The first-order valence-corrected chi connectivity index (χ1v) is 8.03. The van der Waals surface area contributed by atoms with Gasteiger partial charge in [0.25, 0.3) is 0 Å². The van der Waals surface area contributed by atoms with Crippen LogP contribution in [0.3, 0.4) is 0 Å². The third-order valence-corrected chi connectivity index (χ3v) is 3.68. The molecule has 1 aromatic heterocycles. The summed E-state index contributed by atoms with van der Waals surface area (Å²) in [5, 5.41) is 10.3. The molecule has 2 amide bonds. The van der Waals surface area contributed by atoms with Crippen molar-refractivity contribution in [3.05, 3.63) is 52.7 Å². The van der Waals surface area contributed by atoms with Crippen LogP contribution in [0.4, 0.5) is 11.4 Å². The Morgan fingerprint density at radius 3 is 2.30 bits per heavy atom. The number of hydrogen-bond acceptors (Lipinski definition) is 4. The zero-order valence-corrected chi connectivity index (χ0v) is 14.0. The Balaban J connectivity index is 1.84. The maximum atomic E-state index is 11.7. The molecule has 5 nitrogen and oxygen atoms in total. The molecule has 2 aromatic rings. The molecule has 0 atom stereocenters. The van der Waals surface area contributed by atoms with E-state index in [1.807, 2.05) is 17.5 Å². The summed E-state index contributed by atoms with van der Waals surface area (Å²) in [6.07, 6.45) is 3.16. The lowest BCUT2D eigenvalue weighted by molar-refractivity contribution is -0.115. The summed E-state index contributed by atoms with van der Waals surface area (Å²) in [6, 6.07) is 10.8. The topological polar surface area (TPSA) is 70.2 Å². The Bertz CT molecular complexity index is 722. The highest BCUT2D eigenvalue weighted by molar-refractivity contribution is 7.80. The van der Waals surface area contributed by atoms with Crippen molar-refractivity contribution in [2.45, 2.75) is 6.92 Å². The smallest absolute Gasteiger partial charge is 0.250 e. The van der Waals surface area contributed by atoms with Gasteiger partial charge < -0.3 is 10.6 Å². The molecule has 0 radical (unpaired) electrons. The first-order chi connectivity index (χ1) is 11.0. The van der Waals surface area contributed by atoms with Gasteiger partial charge in [0.15, 0.2) is 5.11 Å². The van der Waals surface area contributed by atoms with Crippen LogP contribution in [-0.4, -0.2) is 16.9 Å². The van der Waals surface area contributed by atoms with Crippen molar-refractivity contribution in [3.8, 4) is 0 Å². The second-order valence-corrected chi connectivity index (χ2v) is 5.94. The van der Waals surface area contributed by atoms with Crippen molar-refractivity contribution < 1.29 is 9.59 Å². The van der Waals surface area contributed by atoms with Crippen molar-refractivity contribution in [2.24, 2.45) is 0 Å². The molecular weight excluding hydrogens is 330 g/mol. The van der Waals surface area contributed by atoms with Gasteiger partial charge in [-0.1, -0.05) is 6.07 Å². The monoisotopic (exact) mass is 345 g/mol. The standard InChI is InChI=1S/C16H15N3O2S2/c1-11(20)17-12-4-6-13(7-5-12)18-16(22)19-15(21)9-8-14-3-2-10-23-14/h2-10H,1H3,(H,17,20)(H2,18,19,21,22). The highest BCUT2D eigenvalue weighted by atomic mass is 32.1. The van der Waals surface area contributed by atoms with Crippen LogP contribution in [-0.2, 0) is 9.59 Å². The lowest BCUT2D eigenvalue weighted by Gasteiger charge is -2.09. The lowest BCUT2D eigenvalue weighted by atomic mass is 10.3. The number of anilines is 2. The summed E-state index contributed by atoms with van der Waals surface area (Å²) in [5.74, 6) is -0.434. The Morgan fingerprint density at radius 1 is 1.09 bits per heavy atom. The average molecular weight is 345 g/mol. The number of carbonyl (C=O) groups is 2. The second kappa shape index (κ2) is 8.21. The predicted octanol–water partition coefficient (Wildman–Crippen LogP) is 3.23. The average Bonchev–Trinajstić information content (AvgIpc) is 3.00. The van der Waals surface area contributed by atoms with E-state index in [4.69, 9.17) is 12.2 Å². The number of amides is 2. The maximum Gasteiger partial charge on any atom is 0.250 e. The zero-order valence-electron chi connectivity index (χ0n) is 12.3. The Hall–Kier alpha value is -2.51. The van der Waals surface area contributed by atoms with Crippen LogP contribution in [0, 0.1) is 0 Å². The molecule has 0 saturated carbocycles. The first-order valence-electron chi connectivity index (χ1n) is 6.74. The molecular formula is C16H15N3O2S2. The number of thiocarbonyl (C=S) groups is 1. The molecule has 23 heavy (non-hydrogen) atoms. The Labute approximate surface area is 143 Å². The maximum absolute atomic E-state index is 11.7. The van der Waals surface area contributed by atoms with Crippen LogP contribution in [0.25, 0.3) is 6.08 Å².